The first-order valence-electron chi connectivity index (χ1n) is 6.86. The highest BCUT2D eigenvalue weighted by Gasteiger charge is 2.52. The van der Waals surface area contributed by atoms with E-state index in [9.17, 15) is 9.67 Å². The molecule has 0 aromatic carbocycles. The second-order valence-corrected chi connectivity index (χ2v) is 7.89. The summed E-state index contributed by atoms with van der Waals surface area (Å²) in [6.07, 6.45) is 11.6. The third-order valence-electron chi connectivity index (χ3n) is 4.45. The molecule has 3 heteroatoms. The summed E-state index contributed by atoms with van der Waals surface area (Å²) in [5.41, 5.74) is 0.411. The van der Waals surface area contributed by atoms with Crippen LogP contribution in [0.1, 0.15) is 64.2 Å². The summed E-state index contributed by atoms with van der Waals surface area (Å²) >= 11 is 0. The molecule has 2 nitrogen and oxygen atoms in total. The normalized spacial score (nSPS) is 27.7. The van der Waals surface area contributed by atoms with Crippen LogP contribution in [0, 0.1) is 0 Å². The summed E-state index contributed by atoms with van der Waals surface area (Å²) in [5.74, 6) is 0. The Morgan fingerprint density at radius 3 is 2.12 bits per heavy atom. The molecule has 0 aliphatic heterocycles. The van der Waals surface area contributed by atoms with Crippen molar-refractivity contribution in [2.75, 3.05) is 6.61 Å². The number of rotatable bonds is 3. The van der Waals surface area contributed by atoms with Gasteiger partial charge in [-0.25, -0.2) is 0 Å². The molecule has 92 valence electrons. The molecule has 0 heterocycles. The summed E-state index contributed by atoms with van der Waals surface area (Å²) in [5, 5.41) is 9.46. The zero-order valence-electron chi connectivity index (χ0n) is 10.2. The average Bonchev–Trinajstić information content (AvgIpc) is 2.39. The van der Waals surface area contributed by atoms with Gasteiger partial charge in [-0.3, -0.25) is 0 Å². The molecule has 2 aliphatic carbocycles. The van der Waals surface area contributed by atoms with Crippen molar-refractivity contribution in [2.24, 2.45) is 0 Å². The molecular weight excluding hydrogens is 219 g/mol. The van der Waals surface area contributed by atoms with E-state index in [1.54, 1.807) is 0 Å². The first kappa shape index (κ1) is 12.5. The Bertz CT molecular complexity index is 240. The van der Waals surface area contributed by atoms with Gasteiger partial charge in [0.2, 0.25) is 0 Å². The maximum absolute atomic E-state index is 12.7. The van der Waals surface area contributed by atoms with Gasteiger partial charge in [0.1, 0.15) is 0 Å². The smallest absolute Gasteiger partial charge is 0.350 e. The highest BCUT2D eigenvalue weighted by molar-refractivity contribution is 7.47. The predicted molar refractivity (Wildman–Crippen MR) is 67.4 cm³/mol. The van der Waals surface area contributed by atoms with Crippen molar-refractivity contribution in [1.29, 1.82) is 0 Å². The van der Waals surface area contributed by atoms with Gasteiger partial charge >= 0.3 is 7.80 Å². The van der Waals surface area contributed by atoms with Crippen LogP contribution in [-0.4, -0.2) is 22.5 Å². The van der Waals surface area contributed by atoms with Crippen LogP contribution in [0.2, 0.25) is 0 Å². The Labute approximate surface area is 99.6 Å². The fourth-order valence-electron chi connectivity index (χ4n) is 3.36. The molecule has 2 aliphatic rings. The van der Waals surface area contributed by atoms with Gasteiger partial charge in [-0.15, -0.1) is 0 Å². The second-order valence-electron chi connectivity index (χ2n) is 5.56. The third kappa shape index (κ3) is 2.49. The Morgan fingerprint density at radius 2 is 1.56 bits per heavy atom. The van der Waals surface area contributed by atoms with E-state index in [0.29, 0.717) is 5.66 Å². The minimum Gasteiger partial charge on any atom is -0.391 e. The zero-order chi connectivity index (χ0) is 11.4. The van der Waals surface area contributed by atoms with Crippen molar-refractivity contribution in [3.8, 4) is 0 Å². The number of aliphatic hydroxyl groups excluding tert-OH is 1. The van der Waals surface area contributed by atoms with E-state index in [-0.39, 0.29) is 11.8 Å². The summed E-state index contributed by atoms with van der Waals surface area (Å²) in [6.45, 7) is 0.151. The molecule has 1 unspecified atom stereocenters. The predicted octanol–water partition coefficient (Wildman–Crippen LogP) is 3.84. The lowest BCUT2D eigenvalue weighted by atomic mass is 9.89. The molecular formula is C13H24O2P+. The minimum absolute atomic E-state index is 0.151. The van der Waals surface area contributed by atoms with Gasteiger partial charge in [-0.05, 0) is 51.4 Å². The van der Waals surface area contributed by atoms with Crippen LogP contribution in [0.3, 0.4) is 0 Å². The standard InChI is InChI=1S/C13H24O2P/c14-11-13(9-5-2-6-10-13)16(15)12-7-3-1-4-8-12/h12,14H,1-11H2/q+1. The lowest BCUT2D eigenvalue weighted by Crippen LogP contribution is -2.35. The molecule has 0 amide bonds. The van der Waals surface area contributed by atoms with Gasteiger partial charge in [-0.2, -0.15) is 0 Å². The molecule has 0 saturated heterocycles. The van der Waals surface area contributed by atoms with Gasteiger partial charge in [0.05, 0.1) is 6.61 Å². The topological polar surface area (TPSA) is 37.3 Å². The van der Waals surface area contributed by atoms with E-state index in [0.717, 1.165) is 38.5 Å². The Balaban J connectivity index is 2.04. The Hall–Kier alpha value is 0.0600. The van der Waals surface area contributed by atoms with E-state index >= 15 is 0 Å². The van der Waals surface area contributed by atoms with Crippen molar-refractivity contribution < 1.29 is 9.67 Å². The van der Waals surface area contributed by atoms with Crippen LogP contribution in [0.25, 0.3) is 0 Å². The third-order valence-corrected chi connectivity index (χ3v) is 7.16. The number of hydrogen-bond acceptors (Lipinski definition) is 2. The molecule has 16 heavy (non-hydrogen) atoms. The summed E-state index contributed by atoms with van der Waals surface area (Å²) in [4.78, 5) is 0. The monoisotopic (exact) mass is 243 g/mol. The van der Waals surface area contributed by atoms with Crippen molar-refractivity contribution in [1.82, 2.24) is 0 Å². The molecule has 2 rings (SSSR count). The summed E-state index contributed by atoms with van der Waals surface area (Å²) < 4.78 is 12.7. The van der Waals surface area contributed by atoms with Crippen LogP contribution < -0.4 is 0 Å². The highest BCUT2D eigenvalue weighted by Crippen LogP contribution is 2.54. The van der Waals surface area contributed by atoms with E-state index in [1.807, 2.05) is 0 Å². The minimum atomic E-state index is -1.20. The summed E-state index contributed by atoms with van der Waals surface area (Å²) in [7, 11) is -1.20. The number of hydrogen-bond donors (Lipinski definition) is 1. The molecule has 0 radical (unpaired) electrons. The quantitative estimate of drug-likeness (QED) is 0.765. The van der Waals surface area contributed by atoms with Crippen LogP contribution >= 0.6 is 7.80 Å². The van der Waals surface area contributed by atoms with Gasteiger partial charge < -0.3 is 5.11 Å². The molecule has 1 N–H and O–H groups in total. The first-order chi connectivity index (χ1) is 7.78. The Morgan fingerprint density at radius 1 is 1.00 bits per heavy atom. The van der Waals surface area contributed by atoms with Crippen LogP contribution in [0.15, 0.2) is 0 Å². The lowest BCUT2D eigenvalue weighted by Gasteiger charge is -2.29. The average molecular weight is 243 g/mol. The molecule has 0 spiro atoms. The second kappa shape index (κ2) is 5.60. The van der Waals surface area contributed by atoms with E-state index in [1.165, 1.54) is 25.7 Å². The van der Waals surface area contributed by atoms with E-state index in [4.69, 9.17) is 0 Å². The maximum Gasteiger partial charge on any atom is 0.350 e. The van der Waals surface area contributed by atoms with E-state index in [2.05, 4.69) is 0 Å². The van der Waals surface area contributed by atoms with Crippen LogP contribution in [-0.2, 0) is 4.57 Å². The first-order valence-corrected chi connectivity index (χ1v) is 8.19. The van der Waals surface area contributed by atoms with Gasteiger partial charge in [0.15, 0.2) is 10.8 Å². The zero-order valence-corrected chi connectivity index (χ0v) is 11.1. The molecule has 0 aromatic rings. The molecule has 2 saturated carbocycles. The van der Waals surface area contributed by atoms with Crippen LogP contribution in [0.4, 0.5) is 0 Å². The number of aliphatic hydroxyl groups is 1. The van der Waals surface area contributed by atoms with Crippen molar-refractivity contribution in [3.05, 3.63) is 0 Å². The molecule has 2 fully saturated rings. The van der Waals surface area contributed by atoms with Gasteiger partial charge in [0.25, 0.3) is 0 Å². The maximum atomic E-state index is 12.7. The Kier molecular flexibility index (Phi) is 4.38. The van der Waals surface area contributed by atoms with E-state index < -0.39 is 7.80 Å². The van der Waals surface area contributed by atoms with Crippen molar-refractivity contribution in [2.45, 2.75) is 75.0 Å². The lowest BCUT2D eigenvalue weighted by molar-refractivity contribution is 0.205. The van der Waals surface area contributed by atoms with Crippen LogP contribution in [0.5, 0.6) is 0 Å². The molecule has 0 bridgehead atoms. The fraction of sp³-hybridized carbons (Fsp3) is 1.00. The largest absolute Gasteiger partial charge is 0.391 e. The van der Waals surface area contributed by atoms with Gasteiger partial charge in [-0.1, -0.05) is 17.4 Å². The molecule has 0 aromatic heterocycles. The van der Waals surface area contributed by atoms with Crippen molar-refractivity contribution >= 4 is 7.80 Å². The van der Waals surface area contributed by atoms with Gasteiger partial charge in [0, 0.05) is 0 Å². The van der Waals surface area contributed by atoms with Crippen molar-refractivity contribution in [3.63, 3.8) is 0 Å². The summed E-state index contributed by atoms with van der Waals surface area (Å²) in [6, 6.07) is 0. The molecule has 1 atom stereocenters. The highest BCUT2D eigenvalue weighted by atomic mass is 31.1. The SMILES string of the molecule is O=[P+](C1CCCCC1)C1(CO)CCCCC1. The fourth-order valence-corrected chi connectivity index (χ4v) is 5.87.